The van der Waals surface area contributed by atoms with Crippen LogP contribution in [0.1, 0.15) is 47.9 Å². The fraction of sp³-hybridized carbons (Fsp3) is 0.444. The number of carbonyl (C=O) groups is 3. The number of likely N-dealkylation sites (tertiary alicyclic amines) is 1. The Morgan fingerprint density at radius 3 is 2.46 bits per heavy atom. The third-order valence-electron chi connectivity index (χ3n) is 8.64. The Labute approximate surface area is 203 Å². The second kappa shape index (κ2) is 7.55. The van der Waals surface area contributed by atoms with Gasteiger partial charge in [-0.05, 0) is 61.9 Å². The summed E-state index contributed by atoms with van der Waals surface area (Å²) >= 11 is 0. The summed E-state index contributed by atoms with van der Waals surface area (Å²) in [5.74, 6) is -2.79. The Bertz CT molecular complexity index is 1280. The van der Waals surface area contributed by atoms with Gasteiger partial charge in [-0.2, -0.15) is 0 Å². The molecule has 4 aliphatic rings. The highest BCUT2D eigenvalue weighted by atomic mass is 16.3. The molecule has 3 fully saturated rings. The smallest absolute Gasteiger partial charge is 0.250 e. The molecule has 2 aromatic carbocycles. The Morgan fingerprint density at radius 1 is 1.00 bits per heavy atom. The van der Waals surface area contributed by atoms with Crippen LogP contribution in [0.25, 0.3) is 0 Å². The molecule has 2 aromatic rings. The van der Waals surface area contributed by atoms with Gasteiger partial charge in [-0.25, -0.2) is 0 Å². The topological polar surface area (TPSA) is 119 Å². The lowest BCUT2D eigenvalue weighted by Gasteiger charge is -2.31. The molecular weight excluding hydrogens is 446 g/mol. The molecule has 8 nitrogen and oxygen atoms in total. The second-order valence-corrected chi connectivity index (χ2v) is 10.5. The molecule has 1 spiro atoms. The summed E-state index contributed by atoms with van der Waals surface area (Å²) in [6.07, 6.45) is 3.89. The molecule has 4 N–H and O–H groups in total. The Hall–Kier alpha value is -3.39. The van der Waals surface area contributed by atoms with E-state index in [0.29, 0.717) is 23.2 Å². The number of aryl methyl sites for hydroxylation is 1. The van der Waals surface area contributed by atoms with Gasteiger partial charge in [0.05, 0.1) is 11.8 Å². The number of benzene rings is 2. The number of anilines is 1. The molecule has 35 heavy (non-hydrogen) atoms. The first-order valence-electron chi connectivity index (χ1n) is 12.3. The van der Waals surface area contributed by atoms with Crippen molar-refractivity contribution in [2.24, 2.45) is 11.8 Å². The van der Waals surface area contributed by atoms with Gasteiger partial charge in [-0.15, -0.1) is 0 Å². The minimum atomic E-state index is -1.33. The first-order chi connectivity index (χ1) is 16.7. The standard InChI is InChI=1S/C27H29N3O5/c1-13-7-9-17-23(14(13)2)28-26(35)27(17)22-21(24(33)30(25(22)34)16-5-3-4-6-16)18(29-27)11-15-8-10-19(31)20(32)12-15/h7-10,12,16,18,21-22,29,31-32H,3-6,11H2,1-2H3,(H,28,35)/t18-,21-,22+,27-/m1/s1. The third kappa shape index (κ3) is 2.92. The fourth-order valence-electron chi connectivity index (χ4n) is 6.79. The fourth-order valence-corrected chi connectivity index (χ4v) is 6.79. The van der Waals surface area contributed by atoms with Crippen LogP contribution in [0.5, 0.6) is 11.5 Å². The number of nitrogens with one attached hydrogen (secondary N) is 2. The predicted octanol–water partition coefficient (Wildman–Crippen LogP) is 2.62. The number of aromatic hydroxyl groups is 2. The molecule has 0 aromatic heterocycles. The molecule has 4 atom stereocenters. The highest BCUT2D eigenvalue weighted by Gasteiger charge is 2.71. The van der Waals surface area contributed by atoms with Gasteiger partial charge in [0.1, 0.15) is 5.54 Å². The van der Waals surface area contributed by atoms with E-state index in [4.69, 9.17) is 0 Å². The number of imide groups is 1. The van der Waals surface area contributed by atoms with Crippen molar-refractivity contribution in [3.05, 3.63) is 52.6 Å². The van der Waals surface area contributed by atoms with Gasteiger partial charge in [-0.1, -0.05) is 31.0 Å². The quantitative estimate of drug-likeness (QED) is 0.400. The van der Waals surface area contributed by atoms with E-state index >= 15 is 0 Å². The van der Waals surface area contributed by atoms with Crippen molar-refractivity contribution < 1.29 is 24.6 Å². The normalized spacial score (nSPS) is 29.8. The van der Waals surface area contributed by atoms with Crippen molar-refractivity contribution in [3.8, 4) is 11.5 Å². The van der Waals surface area contributed by atoms with Crippen LogP contribution in [0.2, 0.25) is 0 Å². The van der Waals surface area contributed by atoms with E-state index in [0.717, 1.165) is 36.8 Å². The Balaban J connectivity index is 1.48. The van der Waals surface area contributed by atoms with Gasteiger partial charge in [0.15, 0.2) is 11.5 Å². The monoisotopic (exact) mass is 475 g/mol. The number of carbonyl (C=O) groups excluding carboxylic acids is 3. The van der Waals surface area contributed by atoms with Crippen LogP contribution in [0.15, 0.2) is 30.3 Å². The predicted molar refractivity (Wildman–Crippen MR) is 128 cm³/mol. The van der Waals surface area contributed by atoms with Gasteiger partial charge in [0.2, 0.25) is 17.7 Å². The van der Waals surface area contributed by atoms with E-state index < -0.39 is 23.4 Å². The number of rotatable bonds is 3. The van der Waals surface area contributed by atoms with Crippen LogP contribution in [0.4, 0.5) is 5.69 Å². The zero-order chi connectivity index (χ0) is 24.6. The van der Waals surface area contributed by atoms with Crippen LogP contribution in [-0.2, 0) is 26.3 Å². The van der Waals surface area contributed by atoms with Crippen molar-refractivity contribution in [2.45, 2.75) is 63.6 Å². The minimum absolute atomic E-state index is 0.111. The second-order valence-electron chi connectivity index (χ2n) is 10.5. The maximum Gasteiger partial charge on any atom is 0.250 e. The Kier molecular flexibility index (Phi) is 4.77. The van der Waals surface area contributed by atoms with Crippen LogP contribution in [0, 0.1) is 25.7 Å². The van der Waals surface area contributed by atoms with Gasteiger partial charge in [0.25, 0.3) is 0 Å². The molecule has 0 radical (unpaired) electrons. The van der Waals surface area contributed by atoms with Crippen molar-refractivity contribution in [1.29, 1.82) is 0 Å². The molecule has 8 heteroatoms. The first-order valence-corrected chi connectivity index (χ1v) is 12.3. The van der Waals surface area contributed by atoms with E-state index in [1.165, 1.54) is 17.0 Å². The molecule has 2 saturated heterocycles. The van der Waals surface area contributed by atoms with E-state index in [9.17, 15) is 24.6 Å². The molecular formula is C27H29N3O5. The zero-order valence-corrected chi connectivity index (χ0v) is 19.8. The number of phenolic OH excluding ortho intramolecular Hbond substituents is 2. The van der Waals surface area contributed by atoms with Crippen molar-refractivity contribution in [3.63, 3.8) is 0 Å². The highest BCUT2D eigenvalue weighted by molar-refractivity contribution is 6.15. The number of phenols is 2. The van der Waals surface area contributed by atoms with E-state index in [2.05, 4.69) is 10.6 Å². The molecule has 3 heterocycles. The zero-order valence-electron chi connectivity index (χ0n) is 19.8. The van der Waals surface area contributed by atoms with Crippen LogP contribution >= 0.6 is 0 Å². The van der Waals surface area contributed by atoms with Crippen LogP contribution in [0.3, 0.4) is 0 Å². The number of hydrogen-bond acceptors (Lipinski definition) is 6. The number of hydrogen-bond donors (Lipinski definition) is 4. The summed E-state index contributed by atoms with van der Waals surface area (Å²) in [6.45, 7) is 3.92. The summed E-state index contributed by atoms with van der Waals surface area (Å²) in [5, 5.41) is 26.2. The first kappa shape index (κ1) is 22.1. The average Bonchev–Trinajstić information content (AvgIpc) is 3.56. The lowest BCUT2D eigenvalue weighted by atomic mass is 9.75. The van der Waals surface area contributed by atoms with E-state index in [1.54, 1.807) is 6.07 Å². The van der Waals surface area contributed by atoms with E-state index in [1.807, 2.05) is 26.0 Å². The third-order valence-corrected chi connectivity index (χ3v) is 8.64. The number of fused-ring (bicyclic) bond motifs is 4. The summed E-state index contributed by atoms with van der Waals surface area (Å²) in [5.41, 5.74) is 2.78. The maximum atomic E-state index is 14.0. The average molecular weight is 476 g/mol. The van der Waals surface area contributed by atoms with Crippen molar-refractivity contribution in [2.75, 3.05) is 5.32 Å². The number of amides is 3. The Morgan fingerprint density at radius 2 is 1.74 bits per heavy atom. The molecule has 6 rings (SSSR count). The van der Waals surface area contributed by atoms with Gasteiger partial charge < -0.3 is 15.5 Å². The lowest BCUT2D eigenvalue weighted by Crippen LogP contribution is -2.54. The van der Waals surface area contributed by atoms with Gasteiger partial charge in [0, 0.05) is 23.3 Å². The largest absolute Gasteiger partial charge is 0.504 e. The minimum Gasteiger partial charge on any atom is -0.504 e. The summed E-state index contributed by atoms with van der Waals surface area (Å²) < 4.78 is 0. The van der Waals surface area contributed by atoms with Crippen molar-refractivity contribution in [1.82, 2.24) is 10.2 Å². The van der Waals surface area contributed by atoms with E-state index in [-0.39, 0.29) is 35.3 Å². The SMILES string of the molecule is Cc1ccc2c(c1C)NC(=O)[C@@]21N[C@H](Cc2ccc(O)c(O)c2)[C@H]2C(=O)N(C3CCCC3)C(=O)[C@H]21. The molecule has 182 valence electrons. The number of nitrogens with zero attached hydrogens (tertiary/aromatic N) is 1. The molecule has 3 amide bonds. The van der Waals surface area contributed by atoms with Crippen LogP contribution < -0.4 is 10.6 Å². The van der Waals surface area contributed by atoms with Gasteiger partial charge >= 0.3 is 0 Å². The highest BCUT2D eigenvalue weighted by Crippen LogP contribution is 2.55. The molecule has 1 saturated carbocycles. The van der Waals surface area contributed by atoms with Gasteiger partial charge in [-0.3, -0.25) is 24.6 Å². The maximum absolute atomic E-state index is 14.0. The summed E-state index contributed by atoms with van der Waals surface area (Å²) in [7, 11) is 0. The lowest BCUT2D eigenvalue weighted by molar-refractivity contribution is -0.145. The molecule has 1 aliphatic carbocycles. The van der Waals surface area contributed by atoms with Crippen LogP contribution in [-0.4, -0.2) is 44.9 Å². The summed E-state index contributed by atoms with van der Waals surface area (Å²) in [6, 6.07) is 7.79. The molecule has 3 aliphatic heterocycles. The van der Waals surface area contributed by atoms with Crippen molar-refractivity contribution >= 4 is 23.4 Å². The summed E-state index contributed by atoms with van der Waals surface area (Å²) in [4.78, 5) is 43.0. The molecule has 0 bridgehead atoms. The molecule has 0 unspecified atom stereocenters.